The average Bonchev–Trinajstić information content (AvgIpc) is 3.42. The lowest BCUT2D eigenvalue weighted by atomic mass is 9.85. The van der Waals surface area contributed by atoms with Gasteiger partial charge in [0.1, 0.15) is 17.2 Å². The van der Waals surface area contributed by atoms with Crippen LogP contribution in [0.3, 0.4) is 0 Å². The molecule has 2 aliphatic rings. The van der Waals surface area contributed by atoms with E-state index in [1.165, 1.54) is 17.7 Å². The first-order valence-electron chi connectivity index (χ1n) is 19.5. The SMILES string of the molecule is COC[C@H]1CN(CCC[C@@H](C(C)C)N2CC(c3cc(-c4ccc(F)cc4C(=O)N(C(C)C)C(C)C)c4cnc(C)n4c3)C2)CCN1C(=O)OC(C)(C)C. The summed E-state index contributed by atoms with van der Waals surface area (Å²) in [4.78, 5) is 40.3. The molecule has 2 amide bonds. The van der Waals surface area contributed by atoms with Crippen LogP contribution in [-0.2, 0) is 9.47 Å². The van der Waals surface area contributed by atoms with Crippen LogP contribution >= 0.6 is 0 Å². The molecule has 5 rings (SSSR count). The first kappa shape index (κ1) is 40.6. The Balaban J connectivity index is 1.28. The van der Waals surface area contributed by atoms with E-state index in [0.717, 1.165) is 68.0 Å². The van der Waals surface area contributed by atoms with Gasteiger partial charge in [0.15, 0.2) is 0 Å². The zero-order valence-electron chi connectivity index (χ0n) is 34.0. The molecule has 1 aromatic carbocycles. The number of fused-ring (bicyclic) bond motifs is 1. The summed E-state index contributed by atoms with van der Waals surface area (Å²) in [5.41, 5.74) is 3.58. The number of rotatable bonds is 13. The van der Waals surface area contributed by atoms with Crippen molar-refractivity contribution in [3.8, 4) is 11.1 Å². The van der Waals surface area contributed by atoms with Gasteiger partial charge in [0.2, 0.25) is 0 Å². The number of amides is 2. The van der Waals surface area contributed by atoms with Gasteiger partial charge in [-0.3, -0.25) is 14.6 Å². The third-order valence-corrected chi connectivity index (χ3v) is 10.8. The molecule has 4 heterocycles. The Labute approximate surface area is 316 Å². The zero-order valence-corrected chi connectivity index (χ0v) is 34.0. The normalized spacial score (nSPS) is 18.3. The summed E-state index contributed by atoms with van der Waals surface area (Å²) in [7, 11) is 1.68. The van der Waals surface area contributed by atoms with Gasteiger partial charge in [0.25, 0.3) is 5.91 Å². The summed E-state index contributed by atoms with van der Waals surface area (Å²) in [5, 5.41) is 0. The first-order chi connectivity index (χ1) is 25.0. The summed E-state index contributed by atoms with van der Waals surface area (Å²) < 4.78 is 28.1. The highest BCUT2D eigenvalue weighted by Gasteiger charge is 2.37. The van der Waals surface area contributed by atoms with Crippen LogP contribution < -0.4 is 0 Å². The van der Waals surface area contributed by atoms with E-state index in [1.807, 2.05) is 71.4 Å². The van der Waals surface area contributed by atoms with E-state index in [1.54, 1.807) is 13.2 Å². The highest BCUT2D eigenvalue weighted by molar-refractivity contribution is 6.03. The lowest BCUT2D eigenvalue weighted by molar-refractivity contribution is -0.0170. The van der Waals surface area contributed by atoms with Gasteiger partial charge in [-0.15, -0.1) is 0 Å². The Kier molecular flexibility index (Phi) is 12.9. The first-order valence-corrected chi connectivity index (χ1v) is 19.5. The van der Waals surface area contributed by atoms with E-state index in [4.69, 9.17) is 9.47 Å². The molecular weight excluding hydrogens is 671 g/mol. The van der Waals surface area contributed by atoms with E-state index < -0.39 is 11.4 Å². The van der Waals surface area contributed by atoms with Gasteiger partial charge in [-0.05, 0) is 110 Å². The number of methoxy groups -OCH3 is 1. The highest BCUT2D eigenvalue weighted by Crippen LogP contribution is 2.37. The molecule has 2 atom stereocenters. The maximum atomic E-state index is 14.8. The van der Waals surface area contributed by atoms with Crippen molar-refractivity contribution in [2.24, 2.45) is 5.92 Å². The standard InChI is InChI=1S/C42H63FN6O4/c1-27(2)38(13-12-16-45-17-18-47(34(25-45)26-52-11)41(51)53-42(8,9)10)46-22-32(23-46)31-19-36(39-21-44-30(7)48(39)24-31)35-15-14-33(43)20-37(35)40(50)49(28(3)4)29(5)6/h14-15,19-21,24,27-29,32,34,38H,12-13,16-18,22-23,25-26H2,1-11H3/t34-,38+/m1/s1. The minimum Gasteiger partial charge on any atom is -0.444 e. The van der Waals surface area contributed by atoms with Crippen molar-refractivity contribution in [1.29, 1.82) is 0 Å². The van der Waals surface area contributed by atoms with E-state index in [0.29, 0.717) is 36.6 Å². The van der Waals surface area contributed by atoms with Crippen LogP contribution in [0.15, 0.2) is 36.7 Å². The maximum Gasteiger partial charge on any atom is 0.410 e. The summed E-state index contributed by atoms with van der Waals surface area (Å²) in [6, 6.07) is 7.16. The van der Waals surface area contributed by atoms with Crippen LogP contribution in [0.5, 0.6) is 0 Å². The highest BCUT2D eigenvalue weighted by atomic mass is 19.1. The number of aromatic nitrogens is 2. The fourth-order valence-corrected chi connectivity index (χ4v) is 8.29. The van der Waals surface area contributed by atoms with Gasteiger partial charge in [0.05, 0.1) is 29.9 Å². The predicted octanol–water partition coefficient (Wildman–Crippen LogP) is 7.48. The fourth-order valence-electron chi connectivity index (χ4n) is 8.29. The number of benzene rings is 1. The molecule has 0 unspecified atom stereocenters. The molecule has 2 fully saturated rings. The molecule has 0 N–H and O–H groups in total. The summed E-state index contributed by atoms with van der Waals surface area (Å²) in [5.74, 6) is 1.12. The third kappa shape index (κ3) is 9.41. The Bertz CT molecular complexity index is 1720. The second kappa shape index (κ2) is 16.9. The smallest absolute Gasteiger partial charge is 0.410 e. The molecule has 2 saturated heterocycles. The van der Waals surface area contributed by atoms with Crippen LogP contribution in [0.4, 0.5) is 9.18 Å². The lowest BCUT2D eigenvalue weighted by Gasteiger charge is -2.47. The van der Waals surface area contributed by atoms with Gasteiger partial charge in [-0.2, -0.15) is 0 Å². The quantitative estimate of drug-likeness (QED) is 0.180. The molecule has 10 nitrogen and oxygen atoms in total. The molecule has 11 heteroatoms. The Morgan fingerprint density at radius 2 is 1.70 bits per heavy atom. The van der Waals surface area contributed by atoms with Crippen molar-refractivity contribution < 1.29 is 23.5 Å². The Morgan fingerprint density at radius 3 is 2.32 bits per heavy atom. The van der Waals surface area contributed by atoms with E-state index in [-0.39, 0.29) is 30.1 Å². The molecule has 0 radical (unpaired) electrons. The van der Waals surface area contributed by atoms with E-state index in [2.05, 4.69) is 45.3 Å². The van der Waals surface area contributed by atoms with Crippen LogP contribution in [0, 0.1) is 18.7 Å². The number of carbonyl (C=O) groups is 2. The van der Waals surface area contributed by atoms with Crippen molar-refractivity contribution in [2.75, 3.05) is 53.0 Å². The molecule has 53 heavy (non-hydrogen) atoms. The van der Waals surface area contributed by atoms with Crippen molar-refractivity contribution in [3.05, 3.63) is 59.4 Å². The minimum atomic E-state index is -0.531. The van der Waals surface area contributed by atoms with Crippen LogP contribution in [0.25, 0.3) is 16.6 Å². The average molecular weight is 735 g/mol. The number of likely N-dealkylation sites (tertiary alicyclic amines) is 1. The predicted molar refractivity (Wildman–Crippen MR) is 209 cm³/mol. The Hall–Kier alpha value is -3.54. The molecule has 0 bridgehead atoms. The number of piperazine rings is 1. The van der Waals surface area contributed by atoms with Crippen molar-refractivity contribution >= 4 is 17.5 Å². The van der Waals surface area contributed by atoms with Crippen LogP contribution in [0.1, 0.15) is 103 Å². The number of ether oxygens (including phenoxy) is 2. The number of aryl methyl sites for hydroxylation is 1. The molecular formula is C42H63FN6O4. The summed E-state index contributed by atoms with van der Waals surface area (Å²) in [6.45, 7) is 25.9. The van der Waals surface area contributed by atoms with Gasteiger partial charge in [0, 0.05) is 75.6 Å². The lowest BCUT2D eigenvalue weighted by Crippen LogP contribution is -2.57. The monoisotopic (exact) mass is 734 g/mol. The number of carbonyl (C=O) groups excluding carboxylic acids is 2. The number of pyridine rings is 1. The topological polar surface area (TPSA) is 82.9 Å². The van der Waals surface area contributed by atoms with E-state index in [9.17, 15) is 14.0 Å². The number of imidazole rings is 1. The Morgan fingerprint density at radius 1 is 1.00 bits per heavy atom. The van der Waals surface area contributed by atoms with Crippen molar-refractivity contribution in [3.63, 3.8) is 0 Å². The van der Waals surface area contributed by atoms with Gasteiger partial charge < -0.3 is 23.7 Å². The second-order valence-corrected chi connectivity index (χ2v) is 17.0. The largest absolute Gasteiger partial charge is 0.444 e. The molecule has 3 aromatic rings. The molecule has 0 aliphatic carbocycles. The van der Waals surface area contributed by atoms with Crippen LogP contribution in [0.2, 0.25) is 0 Å². The molecule has 2 aliphatic heterocycles. The number of nitrogens with zero attached hydrogens (tertiary/aromatic N) is 6. The zero-order chi connectivity index (χ0) is 38.8. The van der Waals surface area contributed by atoms with Gasteiger partial charge >= 0.3 is 6.09 Å². The minimum absolute atomic E-state index is 0.0287. The molecule has 0 saturated carbocycles. The summed E-state index contributed by atoms with van der Waals surface area (Å²) in [6.07, 6.45) is 5.95. The number of halogens is 1. The summed E-state index contributed by atoms with van der Waals surface area (Å²) >= 11 is 0. The van der Waals surface area contributed by atoms with Crippen LogP contribution in [-0.4, -0.2) is 124 Å². The molecule has 292 valence electrons. The maximum absolute atomic E-state index is 14.8. The number of hydrogen-bond donors (Lipinski definition) is 0. The van der Waals surface area contributed by atoms with Gasteiger partial charge in [-0.1, -0.05) is 19.9 Å². The number of hydrogen-bond acceptors (Lipinski definition) is 7. The van der Waals surface area contributed by atoms with Crippen molar-refractivity contribution in [2.45, 2.75) is 118 Å². The molecule has 0 spiro atoms. The fraction of sp³-hybridized carbons (Fsp3) is 0.643. The van der Waals surface area contributed by atoms with Gasteiger partial charge in [-0.25, -0.2) is 14.2 Å². The van der Waals surface area contributed by atoms with E-state index >= 15 is 0 Å². The molecule has 2 aromatic heterocycles. The third-order valence-electron chi connectivity index (χ3n) is 10.8. The second-order valence-electron chi connectivity index (χ2n) is 17.0. The van der Waals surface area contributed by atoms with Crippen molar-refractivity contribution in [1.82, 2.24) is 29.0 Å².